The first-order valence-electron chi connectivity index (χ1n) is 5.24. The number of allylic oxidation sites excluding steroid dienone is 2. The molecule has 0 saturated heterocycles. The summed E-state index contributed by atoms with van der Waals surface area (Å²) in [5, 5.41) is 2.98. The molecular weight excluding hydrogens is 162 g/mol. The number of carbonyl (C=O) groups is 1. The van der Waals surface area contributed by atoms with Crippen molar-refractivity contribution in [3.05, 3.63) is 12.2 Å². The maximum atomic E-state index is 11.2. The molecule has 0 aromatic heterocycles. The summed E-state index contributed by atoms with van der Waals surface area (Å²) < 4.78 is 0. The monoisotopic (exact) mass is 181 g/mol. The van der Waals surface area contributed by atoms with Crippen molar-refractivity contribution in [3.8, 4) is 0 Å². The Balaban J connectivity index is 2.11. The quantitative estimate of drug-likeness (QED) is 0.662. The molecule has 1 N–H and O–H groups in total. The summed E-state index contributed by atoms with van der Waals surface area (Å²) >= 11 is 0. The van der Waals surface area contributed by atoms with Crippen LogP contribution in [-0.2, 0) is 4.79 Å². The first kappa shape index (κ1) is 10.3. The first-order valence-corrected chi connectivity index (χ1v) is 5.24. The van der Waals surface area contributed by atoms with E-state index in [4.69, 9.17) is 0 Å². The van der Waals surface area contributed by atoms with E-state index >= 15 is 0 Å². The van der Waals surface area contributed by atoms with E-state index in [2.05, 4.69) is 17.5 Å². The fraction of sp³-hybridized carbons (Fsp3) is 0.727. The Morgan fingerprint density at radius 3 is 3.00 bits per heavy atom. The minimum absolute atomic E-state index is 0.206. The Kier molecular flexibility index (Phi) is 4.58. The van der Waals surface area contributed by atoms with Gasteiger partial charge in [0.25, 0.3) is 0 Å². The molecule has 2 nitrogen and oxygen atoms in total. The molecule has 0 aromatic carbocycles. The molecule has 1 amide bonds. The molecule has 0 heterocycles. The molecule has 0 spiro atoms. The number of nitrogens with one attached hydrogen (secondary N) is 1. The third-order valence-electron chi connectivity index (χ3n) is 2.44. The number of hydrogen-bond donors (Lipinski definition) is 1. The van der Waals surface area contributed by atoms with Crippen LogP contribution < -0.4 is 5.32 Å². The van der Waals surface area contributed by atoms with E-state index in [-0.39, 0.29) is 5.91 Å². The molecule has 0 aromatic rings. The van der Waals surface area contributed by atoms with E-state index in [0.29, 0.717) is 12.3 Å². The van der Waals surface area contributed by atoms with Crippen molar-refractivity contribution in [2.24, 2.45) is 5.92 Å². The van der Waals surface area contributed by atoms with Gasteiger partial charge in [0.2, 0.25) is 5.91 Å². The number of rotatable bonds is 4. The Morgan fingerprint density at radius 1 is 1.54 bits per heavy atom. The van der Waals surface area contributed by atoms with Gasteiger partial charge in [0, 0.05) is 13.0 Å². The van der Waals surface area contributed by atoms with Gasteiger partial charge in [-0.1, -0.05) is 19.1 Å². The highest BCUT2D eigenvalue weighted by molar-refractivity contribution is 5.75. The molecule has 0 aliphatic heterocycles. The zero-order chi connectivity index (χ0) is 9.52. The van der Waals surface area contributed by atoms with Gasteiger partial charge in [0.15, 0.2) is 0 Å². The fourth-order valence-corrected chi connectivity index (χ4v) is 1.62. The van der Waals surface area contributed by atoms with Crippen LogP contribution in [0.15, 0.2) is 12.2 Å². The molecule has 1 aliphatic rings. The summed E-state index contributed by atoms with van der Waals surface area (Å²) in [7, 11) is 0. The van der Waals surface area contributed by atoms with E-state index in [1.54, 1.807) is 0 Å². The average Bonchev–Trinajstić information content (AvgIpc) is 2.17. The highest BCUT2D eigenvalue weighted by atomic mass is 16.1. The summed E-state index contributed by atoms with van der Waals surface area (Å²) in [6, 6.07) is 0. The molecule has 1 atom stereocenters. The fourth-order valence-electron chi connectivity index (χ4n) is 1.62. The number of carbonyl (C=O) groups excluding carboxylic acids is 1. The highest BCUT2D eigenvalue weighted by Crippen LogP contribution is 2.16. The third kappa shape index (κ3) is 4.11. The van der Waals surface area contributed by atoms with Crippen LogP contribution in [0.3, 0.4) is 0 Å². The van der Waals surface area contributed by atoms with E-state index in [1.165, 1.54) is 12.8 Å². The maximum Gasteiger partial charge on any atom is 0.219 e. The van der Waals surface area contributed by atoms with Crippen LogP contribution in [0.5, 0.6) is 0 Å². The largest absolute Gasteiger partial charge is 0.356 e. The average molecular weight is 181 g/mol. The normalized spacial score (nSPS) is 21.5. The predicted molar refractivity (Wildman–Crippen MR) is 54.4 cm³/mol. The Labute approximate surface area is 80.4 Å². The minimum atomic E-state index is 0.206. The number of amides is 1. The zero-order valence-corrected chi connectivity index (χ0v) is 8.38. The van der Waals surface area contributed by atoms with Gasteiger partial charge in [-0.15, -0.1) is 0 Å². The lowest BCUT2D eigenvalue weighted by Crippen LogP contribution is -2.29. The molecular formula is C11H19NO. The highest BCUT2D eigenvalue weighted by Gasteiger charge is 2.10. The van der Waals surface area contributed by atoms with Crippen LogP contribution >= 0.6 is 0 Å². The standard InChI is InChI=1S/C11H19NO/c1-2-6-11(13)12-9-10-7-4-3-5-8-10/h3-4,10H,2,5-9H2,1H3,(H,12,13). The van der Waals surface area contributed by atoms with E-state index < -0.39 is 0 Å². The van der Waals surface area contributed by atoms with Gasteiger partial charge in [-0.25, -0.2) is 0 Å². The van der Waals surface area contributed by atoms with Crippen LogP contribution in [0, 0.1) is 5.92 Å². The predicted octanol–water partition coefficient (Wildman–Crippen LogP) is 2.26. The van der Waals surface area contributed by atoms with Crippen LogP contribution in [0.4, 0.5) is 0 Å². The number of hydrogen-bond acceptors (Lipinski definition) is 1. The van der Waals surface area contributed by atoms with E-state index in [0.717, 1.165) is 19.4 Å². The van der Waals surface area contributed by atoms with Crippen molar-refractivity contribution >= 4 is 5.91 Å². The van der Waals surface area contributed by atoms with Gasteiger partial charge in [-0.05, 0) is 31.6 Å². The SMILES string of the molecule is CCCC(=O)NCC1CC=CCC1. The summed E-state index contributed by atoms with van der Waals surface area (Å²) in [5.41, 5.74) is 0. The minimum Gasteiger partial charge on any atom is -0.356 e. The van der Waals surface area contributed by atoms with Gasteiger partial charge >= 0.3 is 0 Å². The Bertz CT molecular complexity index is 187. The van der Waals surface area contributed by atoms with E-state index in [9.17, 15) is 4.79 Å². The van der Waals surface area contributed by atoms with Crippen LogP contribution in [0.1, 0.15) is 39.0 Å². The third-order valence-corrected chi connectivity index (χ3v) is 2.44. The van der Waals surface area contributed by atoms with Gasteiger partial charge in [0.1, 0.15) is 0 Å². The van der Waals surface area contributed by atoms with E-state index in [1.807, 2.05) is 6.92 Å². The second kappa shape index (κ2) is 5.79. The molecule has 1 aliphatic carbocycles. The lowest BCUT2D eigenvalue weighted by Gasteiger charge is -2.17. The second-order valence-electron chi connectivity index (χ2n) is 3.70. The van der Waals surface area contributed by atoms with Crippen molar-refractivity contribution < 1.29 is 4.79 Å². The summed E-state index contributed by atoms with van der Waals surface area (Å²) in [6.45, 7) is 2.89. The van der Waals surface area contributed by atoms with Gasteiger partial charge in [-0.3, -0.25) is 4.79 Å². The Morgan fingerprint density at radius 2 is 2.38 bits per heavy atom. The first-order chi connectivity index (χ1) is 6.33. The smallest absolute Gasteiger partial charge is 0.219 e. The molecule has 0 saturated carbocycles. The molecule has 0 radical (unpaired) electrons. The van der Waals surface area contributed by atoms with Crippen LogP contribution in [0.25, 0.3) is 0 Å². The van der Waals surface area contributed by atoms with Gasteiger partial charge in [0.05, 0.1) is 0 Å². The topological polar surface area (TPSA) is 29.1 Å². The van der Waals surface area contributed by atoms with Crippen LogP contribution in [-0.4, -0.2) is 12.5 Å². The Hall–Kier alpha value is -0.790. The van der Waals surface area contributed by atoms with Crippen molar-refractivity contribution in [1.82, 2.24) is 5.32 Å². The molecule has 13 heavy (non-hydrogen) atoms. The van der Waals surface area contributed by atoms with Gasteiger partial charge in [-0.2, -0.15) is 0 Å². The molecule has 1 unspecified atom stereocenters. The van der Waals surface area contributed by atoms with Crippen LogP contribution in [0.2, 0.25) is 0 Å². The van der Waals surface area contributed by atoms with Crippen molar-refractivity contribution in [2.45, 2.75) is 39.0 Å². The van der Waals surface area contributed by atoms with Crippen molar-refractivity contribution in [2.75, 3.05) is 6.54 Å². The summed E-state index contributed by atoms with van der Waals surface area (Å²) in [5.74, 6) is 0.878. The molecule has 74 valence electrons. The zero-order valence-electron chi connectivity index (χ0n) is 8.38. The van der Waals surface area contributed by atoms with Crippen molar-refractivity contribution in [1.29, 1.82) is 0 Å². The maximum absolute atomic E-state index is 11.2. The summed E-state index contributed by atoms with van der Waals surface area (Å²) in [6.07, 6.45) is 9.59. The molecule has 0 fully saturated rings. The lowest BCUT2D eigenvalue weighted by molar-refractivity contribution is -0.121. The van der Waals surface area contributed by atoms with Crippen molar-refractivity contribution in [3.63, 3.8) is 0 Å². The molecule has 0 bridgehead atoms. The second-order valence-corrected chi connectivity index (χ2v) is 3.70. The lowest BCUT2D eigenvalue weighted by atomic mass is 9.94. The van der Waals surface area contributed by atoms with Gasteiger partial charge < -0.3 is 5.32 Å². The molecule has 2 heteroatoms. The summed E-state index contributed by atoms with van der Waals surface area (Å²) in [4.78, 5) is 11.2. The molecule has 1 rings (SSSR count).